The van der Waals surface area contributed by atoms with Gasteiger partial charge in [-0.1, -0.05) is 0 Å². The number of benzene rings is 2. The van der Waals surface area contributed by atoms with E-state index in [0.717, 1.165) is 0 Å². The van der Waals surface area contributed by atoms with Gasteiger partial charge >= 0.3 is 11.8 Å². The first kappa shape index (κ1) is 18.8. The molecule has 0 fully saturated rings. The Balaban J connectivity index is 1.78. The molecular weight excluding hydrogens is 338 g/mol. The number of nitrogens with one attached hydrogen (secondary N) is 3. The third-order valence-corrected chi connectivity index (χ3v) is 3.34. The standard InChI is InChI=1S/C18H19N3O5/c1-25-14-7-3-12(4-8-14)20-16(22)11-19-17(23)18(24)21-13-5-9-15(26-2)10-6-13/h3-10H,11H2,1-2H3,(H,19,23)(H,20,22)(H,21,24). The molecule has 2 aromatic rings. The van der Waals surface area contributed by atoms with Gasteiger partial charge < -0.3 is 25.4 Å². The first-order chi connectivity index (χ1) is 12.5. The molecule has 0 aliphatic carbocycles. The lowest BCUT2D eigenvalue weighted by Gasteiger charge is -2.08. The number of amides is 3. The fourth-order valence-electron chi connectivity index (χ4n) is 1.98. The van der Waals surface area contributed by atoms with Gasteiger partial charge in [0.15, 0.2) is 0 Å². The third-order valence-electron chi connectivity index (χ3n) is 3.34. The largest absolute Gasteiger partial charge is 0.497 e. The van der Waals surface area contributed by atoms with E-state index in [2.05, 4.69) is 16.0 Å². The first-order valence-corrected chi connectivity index (χ1v) is 7.69. The maximum absolute atomic E-state index is 11.8. The van der Waals surface area contributed by atoms with Crippen LogP contribution in [-0.4, -0.2) is 38.5 Å². The van der Waals surface area contributed by atoms with Gasteiger partial charge in [-0.2, -0.15) is 0 Å². The molecule has 8 nitrogen and oxygen atoms in total. The quantitative estimate of drug-likeness (QED) is 0.678. The van der Waals surface area contributed by atoms with Crippen LogP contribution in [0.1, 0.15) is 0 Å². The summed E-state index contributed by atoms with van der Waals surface area (Å²) in [7, 11) is 3.07. The van der Waals surface area contributed by atoms with Crippen molar-refractivity contribution >= 4 is 29.1 Å². The second-order valence-corrected chi connectivity index (χ2v) is 5.14. The summed E-state index contributed by atoms with van der Waals surface area (Å²) in [6, 6.07) is 13.2. The van der Waals surface area contributed by atoms with Crippen molar-refractivity contribution in [2.24, 2.45) is 0 Å². The molecule has 0 saturated heterocycles. The molecule has 8 heteroatoms. The van der Waals surface area contributed by atoms with Crippen molar-refractivity contribution in [2.75, 3.05) is 31.4 Å². The van der Waals surface area contributed by atoms with Crippen molar-refractivity contribution in [1.82, 2.24) is 5.32 Å². The number of methoxy groups -OCH3 is 2. The predicted molar refractivity (Wildman–Crippen MR) is 96.3 cm³/mol. The summed E-state index contributed by atoms with van der Waals surface area (Å²) in [6.45, 7) is -0.332. The fourth-order valence-corrected chi connectivity index (χ4v) is 1.98. The van der Waals surface area contributed by atoms with Gasteiger partial charge in [0, 0.05) is 11.4 Å². The van der Waals surface area contributed by atoms with Crippen LogP contribution in [0, 0.1) is 0 Å². The highest BCUT2D eigenvalue weighted by molar-refractivity contribution is 6.39. The van der Waals surface area contributed by atoms with Gasteiger partial charge in [-0.3, -0.25) is 14.4 Å². The van der Waals surface area contributed by atoms with Crippen molar-refractivity contribution in [1.29, 1.82) is 0 Å². The summed E-state index contributed by atoms with van der Waals surface area (Å²) >= 11 is 0. The molecule has 0 saturated carbocycles. The van der Waals surface area contributed by atoms with Gasteiger partial charge in [0.1, 0.15) is 11.5 Å². The number of rotatable bonds is 6. The van der Waals surface area contributed by atoms with Crippen LogP contribution >= 0.6 is 0 Å². The van der Waals surface area contributed by atoms with E-state index in [1.54, 1.807) is 55.6 Å². The average Bonchev–Trinajstić information content (AvgIpc) is 2.67. The summed E-state index contributed by atoms with van der Waals surface area (Å²) < 4.78 is 10.0. The van der Waals surface area contributed by atoms with Crippen molar-refractivity contribution in [3.8, 4) is 11.5 Å². The number of hydrogen-bond acceptors (Lipinski definition) is 5. The Morgan fingerprint density at radius 3 is 1.65 bits per heavy atom. The van der Waals surface area contributed by atoms with E-state index in [0.29, 0.717) is 22.9 Å². The summed E-state index contributed by atoms with van der Waals surface area (Å²) in [4.78, 5) is 35.4. The van der Waals surface area contributed by atoms with E-state index in [1.807, 2.05) is 0 Å². The van der Waals surface area contributed by atoms with Crippen LogP contribution in [0.15, 0.2) is 48.5 Å². The third kappa shape index (κ3) is 5.52. The molecular formula is C18H19N3O5. The molecule has 2 aromatic carbocycles. The highest BCUT2D eigenvalue weighted by Gasteiger charge is 2.15. The summed E-state index contributed by atoms with van der Waals surface area (Å²) in [5, 5.41) is 7.28. The van der Waals surface area contributed by atoms with E-state index in [1.165, 1.54) is 7.11 Å². The Morgan fingerprint density at radius 2 is 1.19 bits per heavy atom. The predicted octanol–water partition coefficient (Wildman–Crippen LogP) is 1.40. The van der Waals surface area contributed by atoms with E-state index in [4.69, 9.17) is 9.47 Å². The molecule has 3 N–H and O–H groups in total. The molecule has 0 aliphatic rings. The van der Waals surface area contributed by atoms with Gasteiger partial charge in [0.05, 0.1) is 20.8 Å². The van der Waals surface area contributed by atoms with E-state index in [-0.39, 0.29) is 6.54 Å². The van der Waals surface area contributed by atoms with Gasteiger partial charge in [-0.05, 0) is 48.5 Å². The number of hydrogen-bond donors (Lipinski definition) is 3. The minimum atomic E-state index is -0.911. The average molecular weight is 357 g/mol. The second kappa shape index (κ2) is 9.07. The minimum Gasteiger partial charge on any atom is -0.497 e. The van der Waals surface area contributed by atoms with Crippen LogP contribution < -0.4 is 25.4 Å². The van der Waals surface area contributed by atoms with Crippen LogP contribution in [-0.2, 0) is 14.4 Å². The smallest absolute Gasteiger partial charge is 0.313 e. The zero-order valence-corrected chi connectivity index (χ0v) is 14.4. The number of ether oxygens (including phenoxy) is 2. The first-order valence-electron chi connectivity index (χ1n) is 7.69. The molecule has 0 heterocycles. The summed E-state index contributed by atoms with van der Waals surface area (Å²) in [6.07, 6.45) is 0. The van der Waals surface area contributed by atoms with Gasteiger partial charge in [0.2, 0.25) is 5.91 Å². The normalized spacial score (nSPS) is 9.77. The molecule has 2 rings (SSSR count). The molecule has 0 unspecified atom stereocenters. The van der Waals surface area contributed by atoms with Gasteiger partial charge in [-0.25, -0.2) is 0 Å². The molecule has 0 bridgehead atoms. The molecule has 0 atom stereocenters. The fraction of sp³-hybridized carbons (Fsp3) is 0.167. The summed E-state index contributed by atoms with van der Waals surface area (Å²) in [5.41, 5.74) is 0.987. The molecule has 0 radical (unpaired) electrons. The lowest BCUT2D eigenvalue weighted by atomic mass is 10.3. The highest BCUT2D eigenvalue weighted by atomic mass is 16.5. The Kier molecular flexibility index (Phi) is 6.55. The highest BCUT2D eigenvalue weighted by Crippen LogP contribution is 2.15. The number of anilines is 2. The van der Waals surface area contributed by atoms with Crippen LogP contribution in [0.4, 0.5) is 11.4 Å². The number of carbonyl (C=O) groups is 3. The molecule has 0 spiro atoms. The van der Waals surface area contributed by atoms with Crippen LogP contribution in [0.25, 0.3) is 0 Å². The maximum Gasteiger partial charge on any atom is 0.313 e. The second-order valence-electron chi connectivity index (χ2n) is 5.14. The molecule has 136 valence electrons. The van der Waals surface area contributed by atoms with Crippen LogP contribution in [0.5, 0.6) is 11.5 Å². The molecule has 3 amide bonds. The molecule has 26 heavy (non-hydrogen) atoms. The lowest BCUT2D eigenvalue weighted by Crippen LogP contribution is -2.39. The zero-order chi connectivity index (χ0) is 18.9. The lowest BCUT2D eigenvalue weighted by molar-refractivity contribution is -0.136. The van der Waals surface area contributed by atoms with E-state index in [9.17, 15) is 14.4 Å². The van der Waals surface area contributed by atoms with E-state index >= 15 is 0 Å². The van der Waals surface area contributed by atoms with Crippen molar-refractivity contribution in [2.45, 2.75) is 0 Å². The topological polar surface area (TPSA) is 106 Å². The maximum atomic E-state index is 11.8. The Labute approximate surface area is 150 Å². The molecule has 0 aromatic heterocycles. The Bertz CT molecular complexity index is 772. The zero-order valence-electron chi connectivity index (χ0n) is 14.4. The summed E-state index contributed by atoms with van der Waals surface area (Å²) in [5.74, 6) is -0.951. The van der Waals surface area contributed by atoms with E-state index < -0.39 is 17.7 Å². The van der Waals surface area contributed by atoms with Gasteiger partial charge in [0.25, 0.3) is 0 Å². The Morgan fingerprint density at radius 1 is 0.731 bits per heavy atom. The van der Waals surface area contributed by atoms with Crippen molar-refractivity contribution in [3.05, 3.63) is 48.5 Å². The SMILES string of the molecule is COc1ccc(NC(=O)CNC(=O)C(=O)Nc2ccc(OC)cc2)cc1. The van der Waals surface area contributed by atoms with Gasteiger partial charge in [-0.15, -0.1) is 0 Å². The van der Waals surface area contributed by atoms with Crippen molar-refractivity contribution < 1.29 is 23.9 Å². The van der Waals surface area contributed by atoms with Crippen molar-refractivity contribution in [3.63, 3.8) is 0 Å². The monoisotopic (exact) mass is 357 g/mol. The molecule has 0 aliphatic heterocycles. The minimum absolute atomic E-state index is 0.332. The number of carbonyl (C=O) groups excluding carboxylic acids is 3. The van der Waals surface area contributed by atoms with Crippen LogP contribution in [0.2, 0.25) is 0 Å². The van der Waals surface area contributed by atoms with Crippen LogP contribution in [0.3, 0.4) is 0 Å². The Hall–Kier alpha value is -3.55.